The molecule has 0 saturated carbocycles. The second-order valence-corrected chi connectivity index (χ2v) is 8.17. The fourth-order valence-corrected chi connectivity index (χ4v) is 3.68. The molecule has 7 nitrogen and oxygen atoms in total. The third kappa shape index (κ3) is 5.88. The lowest BCUT2D eigenvalue weighted by Crippen LogP contribution is -2.33. The van der Waals surface area contributed by atoms with E-state index < -0.39 is 0 Å². The molecule has 2 aromatic heterocycles. The summed E-state index contributed by atoms with van der Waals surface area (Å²) >= 11 is 0. The van der Waals surface area contributed by atoms with Gasteiger partial charge in [-0.15, -0.1) is 0 Å². The summed E-state index contributed by atoms with van der Waals surface area (Å²) in [7, 11) is 0. The van der Waals surface area contributed by atoms with Crippen molar-refractivity contribution in [3.05, 3.63) is 83.6 Å². The zero-order chi connectivity index (χ0) is 23.2. The fraction of sp³-hybridized carbons (Fsp3) is 0.269. The highest BCUT2D eigenvalue weighted by Gasteiger charge is 2.13. The van der Waals surface area contributed by atoms with Gasteiger partial charge in [0.05, 0.1) is 17.3 Å². The van der Waals surface area contributed by atoms with Gasteiger partial charge in [-0.2, -0.15) is 0 Å². The molecule has 170 valence electrons. The standard InChI is InChI=1S/C26H28N4O3/c1-3-25(31)28-20-10-6-18(7-11-20)8-13-24-29-22-12-9-19(16-23(22)30-24)26(32)27-17(2)15-21-5-4-14-33-21/h4-7,9-12,14,16-17H,3,8,13,15H2,1-2H3,(H,27,32)(H,28,31)(H,29,30). The lowest BCUT2D eigenvalue weighted by Gasteiger charge is -2.12. The molecule has 7 heteroatoms. The Morgan fingerprint density at radius 3 is 2.64 bits per heavy atom. The molecule has 0 aliphatic rings. The van der Waals surface area contributed by atoms with E-state index in [4.69, 9.17) is 4.42 Å². The highest BCUT2D eigenvalue weighted by Crippen LogP contribution is 2.17. The number of hydrogen-bond acceptors (Lipinski definition) is 4. The molecule has 33 heavy (non-hydrogen) atoms. The van der Waals surface area contributed by atoms with Crippen LogP contribution in [0.5, 0.6) is 0 Å². The van der Waals surface area contributed by atoms with Crippen molar-refractivity contribution in [2.24, 2.45) is 0 Å². The average molecular weight is 445 g/mol. The predicted octanol–water partition coefficient (Wildman–Crippen LogP) is 4.65. The summed E-state index contributed by atoms with van der Waals surface area (Å²) in [4.78, 5) is 32.1. The van der Waals surface area contributed by atoms with Gasteiger partial charge in [-0.05, 0) is 61.4 Å². The maximum atomic E-state index is 12.7. The topological polar surface area (TPSA) is 100 Å². The largest absolute Gasteiger partial charge is 0.469 e. The molecular weight excluding hydrogens is 416 g/mol. The molecule has 0 aliphatic carbocycles. The molecule has 4 aromatic rings. The van der Waals surface area contributed by atoms with Gasteiger partial charge in [-0.25, -0.2) is 4.98 Å². The summed E-state index contributed by atoms with van der Waals surface area (Å²) in [6.45, 7) is 3.78. The minimum Gasteiger partial charge on any atom is -0.469 e. The number of nitrogens with one attached hydrogen (secondary N) is 3. The van der Waals surface area contributed by atoms with E-state index in [1.54, 1.807) is 12.3 Å². The van der Waals surface area contributed by atoms with Crippen LogP contribution in [0.15, 0.2) is 65.3 Å². The Morgan fingerprint density at radius 1 is 1.09 bits per heavy atom. The van der Waals surface area contributed by atoms with Gasteiger partial charge < -0.3 is 20.0 Å². The van der Waals surface area contributed by atoms with E-state index >= 15 is 0 Å². The minimum atomic E-state index is -0.123. The number of aromatic nitrogens is 2. The summed E-state index contributed by atoms with van der Waals surface area (Å²) in [5, 5.41) is 5.87. The van der Waals surface area contributed by atoms with Crippen molar-refractivity contribution < 1.29 is 14.0 Å². The third-order valence-corrected chi connectivity index (χ3v) is 5.47. The Bertz CT molecular complexity index is 1230. The number of benzene rings is 2. The quantitative estimate of drug-likeness (QED) is 0.350. The Balaban J connectivity index is 1.35. The van der Waals surface area contributed by atoms with Crippen LogP contribution in [-0.4, -0.2) is 27.8 Å². The van der Waals surface area contributed by atoms with Gasteiger partial charge in [0.25, 0.3) is 5.91 Å². The number of hydrogen-bond donors (Lipinski definition) is 3. The molecule has 0 saturated heterocycles. The summed E-state index contributed by atoms with van der Waals surface area (Å²) in [6.07, 6.45) is 4.30. The maximum Gasteiger partial charge on any atom is 0.251 e. The average Bonchev–Trinajstić information content (AvgIpc) is 3.47. The van der Waals surface area contributed by atoms with Gasteiger partial charge in [0.1, 0.15) is 11.6 Å². The Kier molecular flexibility index (Phi) is 6.88. The van der Waals surface area contributed by atoms with Gasteiger partial charge in [-0.3, -0.25) is 9.59 Å². The van der Waals surface area contributed by atoms with E-state index in [1.165, 1.54) is 0 Å². The Labute approximate surface area is 192 Å². The SMILES string of the molecule is CCC(=O)Nc1ccc(CCc2nc3ccc(C(=O)NC(C)Cc4ccco4)cc3[nH]2)cc1. The summed E-state index contributed by atoms with van der Waals surface area (Å²) in [6, 6.07) is 17.1. The number of amides is 2. The Hall–Kier alpha value is -3.87. The van der Waals surface area contributed by atoms with Crippen molar-refractivity contribution in [3.8, 4) is 0 Å². The van der Waals surface area contributed by atoms with Crippen molar-refractivity contribution in [2.45, 2.75) is 45.6 Å². The molecule has 2 aromatic carbocycles. The van der Waals surface area contributed by atoms with Crippen LogP contribution < -0.4 is 10.6 Å². The zero-order valence-electron chi connectivity index (χ0n) is 18.9. The second-order valence-electron chi connectivity index (χ2n) is 8.17. The molecule has 4 rings (SSSR count). The van der Waals surface area contributed by atoms with Crippen molar-refractivity contribution in [3.63, 3.8) is 0 Å². The minimum absolute atomic E-state index is 0.00468. The highest BCUT2D eigenvalue weighted by molar-refractivity contribution is 5.97. The summed E-state index contributed by atoms with van der Waals surface area (Å²) < 4.78 is 5.35. The number of aryl methyl sites for hydroxylation is 2. The first-order valence-electron chi connectivity index (χ1n) is 11.2. The molecule has 0 fully saturated rings. The highest BCUT2D eigenvalue weighted by atomic mass is 16.3. The van der Waals surface area contributed by atoms with Gasteiger partial charge in [0.2, 0.25) is 5.91 Å². The number of anilines is 1. The number of fused-ring (bicyclic) bond motifs is 1. The van der Waals surface area contributed by atoms with E-state index in [2.05, 4.69) is 20.6 Å². The first-order valence-corrected chi connectivity index (χ1v) is 11.2. The predicted molar refractivity (Wildman–Crippen MR) is 128 cm³/mol. The lowest BCUT2D eigenvalue weighted by atomic mass is 10.1. The summed E-state index contributed by atoms with van der Waals surface area (Å²) in [5.41, 5.74) is 4.24. The molecule has 3 N–H and O–H groups in total. The third-order valence-electron chi connectivity index (χ3n) is 5.47. The van der Waals surface area contributed by atoms with Crippen LogP contribution in [0.4, 0.5) is 5.69 Å². The maximum absolute atomic E-state index is 12.7. The zero-order valence-corrected chi connectivity index (χ0v) is 18.9. The van der Waals surface area contributed by atoms with Crippen molar-refractivity contribution in [1.29, 1.82) is 0 Å². The van der Waals surface area contributed by atoms with Crippen LogP contribution >= 0.6 is 0 Å². The number of furan rings is 1. The number of rotatable bonds is 9. The molecule has 0 radical (unpaired) electrons. The van der Waals surface area contributed by atoms with Crippen LogP contribution in [-0.2, 0) is 24.1 Å². The van der Waals surface area contributed by atoms with Crippen LogP contribution in [0.1, 0.15) is 47.8 Å². The van der Waals surface area contributed by atoms with Gasteiger partial charge in [0.15, 0.2) is 0 Å². The second kappa shape index (κ2) is 10.2. The van der Waals surface area contributed by atoms with Crippen LogP contribution in [0, 0.1) is 0 Å². The van der Waals surface area contributed by atoms with Crippen LogP contribution in [0.3, 0.4) is 0 Å². The van der Waals surface area contributed by atoms with Crippen molar-refractivity contribution in [1.82, 2.24) is 15.3 Å². The van der Waals surface area contributed by atoms with Gasteiger partial charge in [0, 0.05) is 36.6 Å². The first kappa shape index (κ1) is 22.3. The molecule has 2 amide bonds. The first-order chi connectivity index (χ1) is 16.0. The van der Waals surface area contributed by atoms with Crippen LogP contribution in [0.25, 0.3) is 11.0 Å². The lowest BCUT2D eigenvalue weighted by molar-refractivity contribution is -0.115. The van der Waals surface area contributed by atoms with E-state index in [9.17, 15) is 9.59 Å². The van der Waals surface area contributed by atoms with Gasteiger partial charge in [-0.1, -0.05) is 19.1 Å². The molecule has 0 spiro atoms. The number of H-pyrrole nitrogens is 1. The summed E-state index contributed by atoms with van der Waals surface area (Å²) in [5.74, 6) is 1.60. The van der Waals surface area contributed by atoms with E-state index in [1.807, 2.05) is 62.4 Å². The number of carbonyl (C=O) groups is 2. The Morgan fingerprint density at radius 2 is 1.91 bits per heavy atom. The van der Waals surface area contributed by atoms with E-state index in [0.717, 1.165) is 46.7 Å². The molecule has 1 unspecified atom stereocenters. The smallest absolute Gasteiger partial charge is 0.251 e. The van der Waals surface area contributed by atoms with Gasteiger partial charge >= 0.3 is 0 Å². The fourth-order valence-electron chi connectivity index (χ4n) is 3.68. The molecule has 1 atom stereocenters. The van der Waals surface area contributed by atoms with E-state index in [-0.39, 0.29) is 17.9 Å². The normalized spacial score (nSPS) is 11.9. The molecule has 2 heterocycles. The number of imidazole rings is 1. The van der Waals surface area contributed by atoms with Crippen molar-refractivity contribution in [2.75, 3.05) is 5.32 Å². The van der Waals surface area contributed by atoms with Crippen molar-refractivity contribution >= 4 is 28.5 Å². The number of nitrogens with zero attached hydrogens (tertiary/aromatic N) is 1. The van der Waals surface area contributed by atoms with Crippen LogP contribution in [0.2, 0.25) is 0 Å². The molecule has 0 aliphatic heterocycles. The molecular formula is C26H28N4O3. The number of carbonyl (C=O) groups excluding carboxylic acids is 2. The molecule has 0 bridgehead atoms. The monoisotopic (exact) mass is 444 g/mol. The van der Waals surface area contributed by atoms with E-state index in [0.29, 0.717) is 18.4 Å². The number of aromatic amines is 1.